The van der Waals surface area contributed by atoms with Gasteiger partial charge >= 0.3 is 0 Å². The van der Waals surface area contributed by atoms with Crippen LogP contribution in [0.2, 0.25) is 0 Å². The van der Waals surface area contributed by atoms with Crippen molar-refractivity contribution in [1.29, 1.82) is 0 Å². The number of nitrogens with zero attached hydrogens (tertiary/aromatic N) is 1. The average Bonchev–Trinajstić information content (AvgIpc) is 2.67. The highest BCUT2D eigenvalue weighted by Crippen LogP contribution is 2.20. The fourth-order valence-electron chi connectivity index (χ4n) is 3.12. The zero-order chi connectivity index (χ0) is 18.6. The van der Waals surface area contributed by atoms with Gasteiger partial charge < -0.3 is 20.5 Å². The van der Waals surface area contributed by atoms with Gasteiger partial charge in [-0.2, -0.15) is 0 Å². The second-order valence-corrected chi connectivity index (χ2v) is 6.69. The van der Waals surface area contributed by atoms with Crippen molar-refractivity contribution in [3.8, 4) is 0 Å². The van der Waals surface area contributed by atoms with Crippen molar-refractivity contribution >= 4 is 5.96 Å². The first-order valence-electron chi connectivity index (χ1n) is 9.75. The first-order valence-corrected chi connectivity index (χ1v) is 9.75. The van der Waals surface area contributed by atoms with E-state index in [1.807, 2.05) is 6.92 Å². The zero-order valence-corrected chi connectivity index (χ0v) is 15.8. The highest BCUT2D eigenvalue weighted by atomic mass is 19.1. The fourth-order valence-corrected chi connectivity index (χ4v) is 3.12. The molecule has 0 unspecified atom stereocenters. The van der Waals surface area contributed by atoms with Crippen molar-refractivity contribution in [2.75, 3.05) is 19.7 Å². The molecule has 1 aliphatic carbocycles. The first kappa shape index (κ1) is 20.6. The Balaban J connectivity index is 1.73. The van der Waals surface area contributed by atoms with E-state index in [1.54, 1.807) is 12.1 Å². The summed E-state index contributed by atoms with van der Waals surface area (Å²) in [4.78, 5) is 4.53. The number of aliphatic hydroxyl groups is 1. The molecule has 6 heteroatoms. The molecule has 0 aromatic heterocycles. The van der Waals surface area contributed by atoms with Crippen molar-refractivity contribution in [2.24, 2.45) is 4.99 Å². The molecule has 0 saturated heterocycles. The molecule has 1 aliphatic rings. The quantitative estimate of drug-likeness (QED) is 0.357. The van der Waals surface area contributed by atoms with Gasteiger partial charge in [0.1, 0.15) is 5.82 Å². The Morgan fingerprint density at radius 2 is 2.08 bits per heavy atom. The summed E-state index contributed by atoms with van der Waals surface area (Å²) in [5.41, 5.74) is 1.17. The largest absolute Gasteiger partial charge is 0.392 e. The van der Waals surface area contributed by atoms with E-state index in [-0.39, 0.29) is 12.4 Å². The number of aliphatic imine (C=N–C) groups is 1. The Labute approximate surface area is 156 Å². The lowest BCUT2D eigenvalue weighted by atomic mass is 9.98. The minimum absolute atomic E-state index is 0.301. The van der Waals surface area contributed by atoms with Crippen molar-refractivity contribution < 1.29 is 14.2 Å². The van der Waals surface area contributed by atoms with Crippen LogP contribution >= 0.6 is 0 Å². The number of rotatable bonds is 9. The third-order valence-corrected chi connectivity index (χ3v) is 4.56. The molecular formula is C20H32FN3O2. The molecule has 1 aromatic carbocycles. The molecule has 1 aromatic rings. The molecule has 1 saturated carbocycles. The highest BCUT2D eigenvalue weighted by Gasteiger charge is 2.13. The SMILES string of the molecule is CCNC(=NCc1ccc(F)c(CO)c1)NCCCOC1CCCCC1. The minimum atomic E-state index is -0.386. The van der Waals surface area contributed by atoms with Crippen LogP contribution in [0.1, 0.15) is 56.6 Å². The van der Waals surface area contributed by atoms with Gasteiger partial charge in [-0.25, -0.2) is 9.38 Å². The van der Waals surface area contributed by atoms with E-state index in [2.05, 4.69) is 15.6 Å². The molecule has 0 bridgehead atoms. The van der Waals surface area contributed by atoms with Crippen molar-refractivity contribution in [1.82, 2.24) is 10.6 Å². The molecule has 26 heavy (non-hydrogen) atoms. The second kappa shape index (κ2) is 11.9. The maximum absolute atomic E-state index is 13.4. The summed E-state index contributed by atoms with van der Waals surface area (Å²) in [5.74, 6) is 0.350. The maximum atomic E-state index is 13.4. The van der Waals surface area contributed by atoms with Crippen molar-refractivity contribution in [3.63, 3.8) is 0 Å². The summed E-state index contributed by atoms with van der Waals surface area (Å²) in [7, 11) is 0. The van der Waals surface area contributed by atoms with Gasteiger partial charge in [0.25, 0.3) is 0 Å². The van der Waals surface area contributed by atoms with Crippen LogP contribution in [0.15, 0.2) is 23.2 Å². The smallest absolute Gasteiger partial charge is 0.191 e. The van der Waals surface area contributed by atoms with Gasteiger partial charge in [0, 0.05) is 25.3 Å². The third-order valence-electron chi connectivity index (χ3n) is 4.56. The minimum Gasteiger partial charge on any atom is -0.392 e. The van der Waals surface area contributed by atoms with E-state index in [0.29, 0.717) is 18.2 Å². The van der Waals surface area contributed by atoms with Crippen LogP contribution in [-0.4, -0.2) is 36.9 Å². The standard InChI is InChI=1S/C20H32FN3O2/c1-2-22-20(23-11-6-12-26-18-7-4-3-5-8-18)24-14-16-9-10-19(21)17(13-16)15-25/h9-10,13,18,25H,2-8,11-12,14-15H2,1H3,(H2,22,23,24). The van der Waals surface area contributed by atoms with Gasteiger partial charge in [0.15, 0.2) is 5.96 Å². The summed E-state index contributed by atoms with van der Waals surface area (Å²) in [6.07, 6.45) is 7.72. The summed E-state index contributed by atoms with van der Waals surface area (Å²) in [6.45, 7) is 4.49. The average molecular weight is 365 g/mol. The number of ether oxygens (including phenoxy) is 1. The number of hydrogen-bond donors (Lipinski definition) is 3. The first-order chi connectivity index (χ1) is 12.7. The maximum Gasteiger partial charge on any atom is 0.191 e. The van der Waals surface area contributed by atoms with Gasteiger partial charge in [0.05, 0.1) is 19.3 Å². The van der Waals surface area contributed by atoms with Crippen LogP contribution in [0.25, 0.3) is 0 Å². The summed E-state index contributed by atoms with van der Waals surface area (Å²) in [5, 5.41) is 15.7. The lowest BCUT2D eigenvalue weighted by Crippen LogP contribution is -2.38. The van der Waals surface area contributed by atoms with E-state index in [4.69, 9.17) is 9.84 Å². The van der Waals surface area contributed by atoms with Crippen molar-refractivity contribution in [2.45, 2.75) is 64.7 Å². The molecule has 146 valence electrons. The van der Waals surface area contributed by atoms with E-state index < -0.39 is 0 Å². The predicted octanol–water partition coefficient (Wildman–Crippen LogP) is 3.11. The van der Waals surface area contributed by atoms with Gasteiger partial charge in [-0.3, -0.25) is 0 Å². The number of halogens is 1. The molecule has 0 radical (unpaired) electrons. The lowest BCUT2D eigenvalue weighted by molar-refractivity contribution is 0.0277. The van der Waals surface area contributed by atoms with Gasteiger partial charge in [0.2, 0.25) is 0 Å². The molecular weight excluding hydrogens is 333 g/mol. The van der Waals surface area contributed by atoms with Crippen LogP contribution in [0.5, 0.6) is 0 Å². The van der Waals surface area contributed by atoms with E-state index >= 15 is 0 Å². The molecule has 2 rings (SSSR count). The van der Waals surface area contributed by atoms with E-state index in [1.165, 1.54) is 38.2 Å². The van der Waals surface area contributed by atoms with Crippen LogP contribution in [-0.2, 0) is 17.9 Å². The molecule has 0 amide bonds. The molecule has 0 heterocycles. The van der Waals surface area contributed by atoms with Crippen LogP contribution in [0, 0.1) is 5.82 Å². The second-order valence-electron chi connectivity index (χ2n) is 6.69. The summed E-state index contributed by atoms with van der Waals surface area (Å²) in [6, 6.07) is 4.72. The molecule has 1 fully saturated rings. The number of benzene rings is 1. The number of nitrogens with one attached hydrogen (secondary N) is 2. The zero-order valence-electron chi connectivity index (χ0n) is 15.8. The van der Waals surface area contributed by atoms with Crippen LogP contribution in [0.3, 0.4) is 0 Å². The Hall–Kier alpha value is -1.66. The Morgan fingerprint density at radius 1 is 1.27 bits per heavy atom. The van der Waals surface area contributed by atoms with Crippen LogP contribution < -0.4 is 10.6 Å². The number of hydrogen-bond acceptors (Lipinski definition) is 3. The monoisotopic (exact) mass is 365 g/mol. The highest BCUT2D eigenvalue weighted by molar-refractivity contribution is 5.79. The van der Waals surface area contributed by atoms with E-state index in [0.717, 1.165) is 37.6 Å². The molecule has 5 nitrogen and oxygen atoms in total. The van der Waals surface area contributed by atoms with Crippen LogP contribution in [0.4, 0.5) is 4.39 Å². The van der Waals surface area contributed by atoms with Gasteiger partial charge in [-0.1, -0.05) is 25.3 Å². The Morgan fingerprint density at radius 3 is 2.81 bits per heavy atom. The molecule has 0 aliphatic heterocycles. The van der Waals surface area contributed by atoms with E-state index in [9.17, 15) is 4.39 Å². The number of aliphatic hydroxyl groups excluding tert-OH is 1. The summed E-state index contributed by atoms with van der Waals surface area (Å²) < 4.78 is 19.4. The van der Waals surface area contributed by atoms with Crippen molar-refractivity contribution in [3.05, 3.63) is 35.1 Å². The fraction of sp³-hybridized carbons (Fsp3) is 0.650. The topological polar surface area (TPSA) is 65.9 Å². The Bertz CT molecular complexity index is 560. The van der Waals surface area contributed by atoms with Gasteiger partial charge in [-0.15, -0.1) is 0 Å². The lowest BCUT2D eigenvalue weighted by Gasteiger charge is -2.22. The predicted molar refractivity (Wildman–Crippen MR) is 103 cm³/mol. The normalized spacial score (nSPS) is 15.9. The molecule has 0 atom stereocenters. The third kappa shape index (κ3) is 7.30. The Kier molecular flexibility index (Phi) is 9.42. The molecule has 0 spiro atoms. The molecule has 3 N–H and O–H groups in total. The summed E-state index contributed by atoms with van der Waals surface area (Å²) >= 11 is 0. The number of guanidine groups is 1. The van der Waals surface area contributed by atoms with Gasteiger partial charge in [-0.05, 0) is 43.9 Å².